The van der Waals surface area contributed by atoms with Gasteiger partial charge in [0.05, 0.1) is 11.0 Å². The molecular formula is C20H27N5O3S. The second-order valence-electron chi connectivity index (χ2n) is 7.62. The van der Waals surface area contributed by atoms with Crippen LogP contribution in [-0.4, -0.2) is 66.1 Å². The van der Waals surface area contributed by atoms with Gasteiger partial charge in [-0.3, -0.25) is 0 Å². The number of hydrogen-bond donors (Lipinski definition) is 2. The molecule has 9 heteroatoms. The molecule has 2 fully saturated rings. The van der Waals surface area contributed by atoms with Gasteiger partial charge in [-0.15, -0.1) is 0 Å². The van der Waals surface area contributed by atoms with Crippen molar-refractivity contribution in [1.29, 1.82) is 0 Å². The number of nitrogens with zero attached hydrogens (tertiary/aromatic N) is 4. The molecule has 156 valence electrons. The minimum Gasteiger partial charge on any atom is -0.391 e. The van der Waals surface area contributed by atoms with Gasteiger partial charge in [-0.1, -0.05) is 18.2 Å². The van der Waals surface area contributed by atoms with Gasteiger partial charge in [-0.2, -0.15) is 9.29 Å². The minimum atomic E-state index is -3.44. The number of aliphatic hydroxyl groups is 1. The number of sulfonamides is 1. The summed E-state index contributed by atoms with van der Waals surface area (Å²) in [6.45, 7) is 2.40. The van der Waals surface area contributed by atoms with Crippen LogP contribution in [0.2, 0.25) is 0 Å². The first-order chi connectivity index (χ1) is 14.0. The summed E-state index contributed by atoms with van der Waals surface area (Å²) in [6, 6.07) is 10.6. The molecule has 8 nitrogen and oxygen atoms in total. The van der Waals surface area contributed by atoms with Crippen molar-refractivity contribution in [3.05, 3.63) is 42.6 Å². The SMILES string of the molecule is O=S(=O)(c1ccccc1)N1CCC(Nc2nccc(N3CCCC(O)C3)n2)CC1. The van der Waals surface area contributed by atoms with Crippen molar-refractivity contribution in [2.45, 2.75) is 42.7 Å². The lowest BCUT2D eigenvalue weighted by Gasteiger charge is -2.32. The quantitative estimate of drug-likeness (QED) is 0.764. The Balaban J connectivity index is 1.36. The van der Waals surface area contributed by atoms with Crippen LogP contribution in [0.5, 0.6) is 0 Å². The molecule has 0 radical (unpaired) electrons. The Kier molecular flexibility index (Phi) is 5.98. The average Bonchev–Trinajstić information content (AvgIpc) is 2.75. The summed E-state index contributed by atoms with van der Waals surface area (Å²) in [4.78, 5) is 11.3. The first-order valence-electron chi connectivity index (χ1n) is 10.1. The highest BCUT2D eigenvalue weighted by Gasteiger charge is 2.29. The number of aliphatic hydroxyl groups excluding tert-OH is 1. The van der Waals surface area contributed by atoms with Gasteiger partial charge < -0.3 is 15.3 Å². The second kappa shape index (κ2) is 8.64. The molecule has 2 aliphatic heterocycles. The monoisotopic (exact) mass is 417 g/mol. The molecule has 0 bridgehead atoms. The largest absolute Gasteiger partial charge is 0.391 e. The summed E-state index contributed by atoms with van der Waals surface area (Å²) in [6.07, 6.45) is 4.58. The van der Waals surface area contributed by atoms with Crippen LogP contribution >= 0.6 is 0 Å². The first kappa shape index (κ1) is 20.1. The third-order valence-electron chi connectivity index (χ3n) is 5.53. The van der Waals surface area contributed by atoms with Crippen LogP contribution in [0.1, 0.15) is 25.7 Å². The van der Waals surface area contributed by atoms with Crippen LogP contribution in [0.4, 0.5) is 11.8 Å². The van der Waals surface area contributed by atoms with Gasteiger partial charge in [0.2, 0.25) is 16.0 Å². The number of benzene rings is 1. The van der Waals surface area contributed by atoms with Crippen LogP contribution in [0.25, 0.3) is 0 Å². The zero-order valence-corrected chi connectivity index (χ0v) is 17.1. The summed E-state index contributed by atoms with van der Waals surface area (Å²) >= 11 is 0. The minimum absolute atomic E-state index is 0.124. The molecule has 0 aliphatic carbocycles. The van der Waals surface area contributed by atoms with Crippen molar-refractivity contribution in [3.8, 4) is 0 Å². The summed E-state index contributed by atoms with van der Waals surface area (Å²) < 4.78 is 27.1. The fourth-order valence-electron chi connectivity index (χ4n) is 3.92. The number of hydrogen-bond acceptors (Lipinski definition) is 7. The van der Waals surface area contributed by atoms with E-state index in [0.29, 0.717) is 43.3 Å². The number of rotatable bonds is 5. The maximum atomic E-state index is 12.8. The van der Waals surface area contributed by atoms with Crippen molar-refractivity contribution in [1.82, 2.24) is 14.3 Å². The molecule has 1 atom stereocenters. The summed E-state index contributed by atoms with van der Waals surface area (Å²) in [7, 11) is -3.44. The topological polar surface area (TPSA) is 98.7 Å². The van der Waals surface area contributed by atoms with Gasteiger partial charge in [0.15, 0.2) is 0 Å². The first-order valence-corrected chi connectivity index (χ1v) is 11.5. The molecule has 0 amide bonds. The number of β-amino-alcohol motifs (C(OH)–C–C–N with tert-alkyl or cyclic N) is 1. The number of nitrogens with one attached hydrogen (secondary N) is 1. The Morgan fingerprint density at radius 1 is 1.03 bits per heavy atom. The molecule has 1 unspecified atom stereocenters. The molecule has 29 heavy (non-hydrogen) atoms. The molecule has 4 rings (SSSR count). The smallest absolute Gasteiger partial charge is 0.243 e. The highest BCUT2D eigenvalue weighted by molar-refractivity contribution is 7.89. The second-order valence-corrected chi connectivity index (χ2v) is 9.55. The Bertz CT molecular complexity index is 917. The molecule has 2 aliphatic rings. The van der Waals surface area contributed by atoms with E-state index >= 15 is 0 Å². The van der Waals surface area contributed by atoms with Crippen molar-refractivity contribution in [2.75, 3.05) is 36.4 Å². The van der Waals surface area contributed by atoms with E-state index in [0.717, 1.165) is 25.2 Å². The molecule has 2 saturated heterocycles. The molecule has 2 aromatic rings. The average molecular weight is 418 g/mol. The highest BCUT2D eigenvalue weighted by Crippen LogP contribution is 2.23. The Hall–Kier alpha value is -2.23. The van der Waals surface area contributed by atoms with Gasteiger partial charge in [0, 0.05) is 38.4 Å². The summed E-state index contributed by atoms with van der Waals surface area (Å²) in [5.41, 5.74) is 0. The standard InChI is InChI=1S/C20H27N5O3S/c26-17-5-4-12-24(15-17)19-8-11-21-20(23-19)22-16-9-13-25(14-10-16)29(27,28)18-6-2-1-3-7-18/h1-3,6-8,11,16-17,26H,4-5,9-10,12-15H2,(H,21,22,23). The normalized spacial score (nSPS) is 21.8. The van der Waals surface area contributed by atoms with E-state index in [2.05, 4.69) is 20.2 Å². The zero-order chi connectivity index (χ0) is 20.3. The molecular weight excluding hydrogens is 390 g/mol. The lowest BCUT2D eigenvalue weighted by atomic mass is 10.1. The van der Waals surface area contributed by atoms with Gasteiger partial charge in [-0.25, -0.2) is 13.4 Å². The van der Waals surface area contributed by atoms with E-state index in [1.54, 1.807) is 34.8 Å². The Morgan fingerprint density at radius 2 is 1.79 bits per heavy atom. The highest BCUT2D eigenvalue weighted by atomic mass is 32.2. The van der Waals surface area contributed by atoms with Crippen molar-refractivity contribution >= 4 is 21.8 Å². The molecule has 2 N–H and O–H groups in total. The van der Waals surface area contributed by atoms with Crippen LogP contribution in [0.3, 0.4) is 0 Å². The third kappa shape index (κ3) is 4.68. The predicted molar refractivity (Wildman–Crippen MR) is 111 cm³/mol. The predicted octanol–water partition coefficient (Wildman–Crippen LogP) is 1.70. The number of anilines is 2. The Morgan fingerprint density at radius 3 is 2.52 bits per heavy atom. The van der Waals surface area contributed by atoms with Gasteiger partial charge in [0.25, 0.3) is 0 Å². The van der Waals surface area contributed by atoms with Gasteiger partial charge >= 0.3 is 0 Å². The molecule has 1 aromatic heterocycles. The van der Waals surface area contributed by atoms with E-state index in [4.69, 9.17) is 0 Å². The summed E-state index contributed by atoms with van der Waals surface area (Å²) in [5.74, 6) is 1.36. The maximum Gasteiger partial charge on any atom is 0.243 e. The lowest BCUT2D eigenvalue weighted by Crippen LogP contribution is -2.42. The third-order valence-corrected chi connectivity index (χ3v) is 7.44. The maximum absolute atomic E-state index is 12.8. The zero-order valence-electron chi connectivity index (χ0n) is 16.3. The number of piperidine rings is 2. The van der Waals surface area contributed by atoms with Crippen LogP contribution in [-0.2, 0) is 10.0 Å². The fraction of sp³-hybridized carbons (Fsp3) is 0.500. The van der Waals surface area contributed by atoms with E-state index in [9.17, 15) is 13.5 Å². The molecule has 1 aromatic carbocycles. The van der Waals surface area contributed by atoms with Crippen LogP contribution in [0, 0.1) is 0 Å². The van der Waals surface area contributed by atoms with E-state index in [1.807, 2.05) is 12.1 Å². The Labute approximate surface area is 171 Å². The van der Waals surface area contributed by atoms with Crippen LogP contribution < -0.4 is 10.2 Å². The summed E-state index contributed by atoms with van der Waals surface area (Å²) in [5, 5.41) is 13.2. The molecule has 0 spiro atoms. The molecule has 3 heterocycles. The molecule has 0 saturated carbocycles. The van der Waals surface area contributed by atoms with Crippen molar-refractivity contribution in [3.63, 3.8) is 0 Å². The van der Waals surface area contributed by atoms with E-state index < -0.39 is 10.0 Å². The van der Waals surface area contributed by atoms with Gasteiger partial charge in [-0.05, 0) is 43.9 Å². The lowest BCUT2D eigenvalue weighted by molar-refractivity contribution is 0.154. The van der Waals surface area contributed by atoms with Crippen LogP contribution in [0.15, 0.2) is 47.5 Å². The van der Waals surface area contributed by atoms with Crippen molar-refractivity contribution in [2.24, 2.45) is 0 Å². The van der Waals surface area contributed by atoms with Gasteiger partial charge in [0.1, 0.15) is 5.82 Å². The van der Waals surface area contributed by atoms with E-state index in [-0.39, 0.29) is 12.1 Å². The van der Waals surface area contributed by atoms with E-state index in [1.165, 1.54) is 0 Å². The number of aromatic nitrogens is 2. The van der Waals surface area contributed by atoms with Crippen molar-refractivity contribution < 1.29 is 13.5 Å². The fourth-order valence-corrected chi connectivity index (χ4v) is 5.41.